The van der Waals surface area contributed by atoms with Crippen molar-refractivity contribution in [3.8, 4) is 5.75 Å². The lowest BCUT2D eigenvalue weighted by atomic mass is 10.1. The Labute approximate surface area is 118 Å². The quantitative estimate of drug-likeness (QED) is 0.612. The SMILES string of the molecule is COC(=O)C(N)CSCCOc1cc(C)cc(C)c1. The van der Waals surface area contributed by atoms with E-state index in [2.05, 4.69) is 10.8 Å². The molecule has 0 amide bonds. The van der Waals surface area contributed by atoms with Crippen molar-refractivity contribution in [2.45, 2.75) is 19.9 Å². The Balaban J connectivity index is 2.22. The summed E-state index contributed by atoms with van der Waals surface area (Å²) in [5.74, 6) is 1.85. The Kier molecular flexibility index (Phi) is 6.73. The zero-order valence-corrected chi connectivity index (χ0v) is 12.5. The molecule has 1 rings (SSSR count). The lowest BCUT2D eigenvalue weighted by Gasteiger charge is -2.10. The third-order valence-corrected chi connectivity index (χ3v) is 3.54. The van der Waals surface area contributed by atoms with Gasteiger partial charge in [-0.1, -0.05) is 6.07 Å². The van der Waals surface area contributed by atoms with Crippen LogP contribution in [0.1, 0.15) is 11.1 Å². The second-order valence-electron chi connectivity index (χ2n) is 4.38. The molecule has 2 N–H and O–H groups in total. The van der Waals surface area contributed by atoms with Gasteiger partial charge in [-0.25, -0.2) is 0 Å². The van der Waals surface area contributed by atoms with Gasteiger partial charge >= 0.3 is 5.97 Å². The molecule has 0 saturated carbocycles. The van der Waals surface area contributed by atoms with Crippen LogP contribution in [0.2, 0.25) is 0 Å². The summed E-state index contributed by atoms with van der Waals surface area (Å²) < 4.78 is 10.2. The molecule has 0 radical (unpaired) electrons. The summed E-state index contributed by atoms with van der Waals surface area (Å²) in [6, 6.07) is 5.57. The standard InChI is InChI=1S/C14H21NO3S/c1-10-6-11(2)8-12(7-10)18-4-5-19-9-13(15)14(16)17-3/h6-8,13H,4-5,9,15H2,1-3H3. The van der Waals surface area contributed by atoms with Gasteiger partial charge < -0.3 is 15.2 Å². The van der Waals surface area contributed by atoms with Crippen LogP contribution in [0.5, 0.6) is 5.75 Å². The number of hydrogen-bond donors (Lipinski definition) is 1. The summed E-state index contributed by atoms with van der Waals surface area (Å²) >= 11 is 1.58. The Morgan fingerprint density at radius 2 is 1.95 bits per heavy atom. The first kappa shape index (κ1) is 15.9. The maximum Gasteiger partial charge on any atom is 0.323 e. The minimum absolute atomic E-state index is 0.372. The number of nitrogens with two attached hydrogens (primary N) is 1. The Hall–Kier alpha value is -1.20. The van der Waals surface area contributed by atoms with Crippen LogP contribution in [0, 0.1) is 13.8 Å². The van der Waals surface area contributed by atoms with E-state index in [1.807, 2.05) is 26.0 Å². The first-order valence-electron chi connectivity index (χ1n) is 6.15. The number of carbonyl (C=O) groups is 1. The number of methoxy groups -OCH3 is 1. The molecule has 0 aliphatic rings. The van der Waals surface area contributed by atoms with Gasteiger partial charge in [0, 0.05) is 11.5 Å². The van der Waals surface area contributed by atoms with E-state index < -0.39 is 6.04 Å². The van der Waals surface area contributed by atoms with Crippen molar-refractivity contribution in [1.82, 2.24) is 0 Å². The highest BCUT2D eigenvalue weighted by Gasteiger charge is 2.12. The van der Waals surface area contributed by atoms with Crippen LogP contribution in [0.25, 0.3) is 0 Å². The molecule has 1 aromatic rings. The van der Waals surface area contributed by atoms with Crippen LogP contribution in [0.3, 0.4) is 0 Å². The Morgan fingerprint density at radius 3 is 2.53 bits per heavy atom. The van der Waals surface area contributed by atoms with Gasteiger partial charge in [-0.15, -0.1) is 0 Å². The fraction of sp³-hybridized carbons (Fsp3) is 0.500. The molecular weight excluding hydrogens is 262 g/mol. The molecular formula is C14H21NO3S. The van der Waals surface area contributed by atoms with Crippen molar-refractivity contribution in [1.29, 1.82) is 0 Å². The molecule has 5 heteroatoms. The van der Waals surface area contributed by atoms with E-state index in [9.17, 15) is 4.79 Å². The summed E-state index contributed by atoms with van der Waals surface area (Å²) in [6.07, 6.45) is 0. The van der Waals surface area contributed by atoms with Crippen LogP contribution >= 0.6 is 11.8 Å². The largest absolute Gasteiger partial charge is 0.493 e. The van der Waals surface area contributed by atoms with Crippen LogP contribution in [-0.4, -0.2) is 37.2 Å². The van der Waals surface area contributed by atoms with E-state index in [0.29, 0.717) is 12.4 Å². The number of ether oxygens (including phenoxy) is 2. The Bertz CT molecular complexity index is 403. The molecule has 0 fully saturated rings. The van der Waals surface area contributed by atoms with E-state index in [0.717, 1.165) is 11.5 Å². The highest BCUT2D eigenvalue weighted by molar-refractivity contribution is 7.99. The van der Waals surface area contributed by atoms with Crippen molar-refractivity contribution in [2.24, 2.45) is 5.73 Å². The summed E-state index contributed by atoms with van der Waals surface area (Å²) in [4.78, 5) is 11.1. The molecule has 1 atom stereocenters. The van der Waals surface area contributed by atoms with Crippen molar-refractivity contribution < 1.29 is 14.3 Å². The molecule has 0 aliphatic heterocycles. The molecule has 0 aliphatic carbocycles. The smallest absolute Gasteiger partial charge is 0.323 e. The van der Waals surface area contributed by atoms with E-state index in [1.165, 1.54) is 18.2 Å². The van der Waals surface area contributed by atoms with Crippen LogP contribution in [0.15, 0.2) is 18.2 Å². The number of esters is 1. The molecule has 1 aromatic carbocycles. The first-order valence-corrected chi connectivity index (χ1v) is 7.30. The van der Waals surface area contributed by atoms with Gasteiger partial charge in [0.25, 0.3) is 0 Å². The second-order valence-corrected chi connectivity index (χ2v) is 5.53. The van der Waals surface area contributed by atoms with E-state index in [4.69, 9.17) is 10.5 Å². The van der Waals surface area contributed by atoms with Gasteiger partial charge in [0.2, 0.25) is 0 Å². The minimum Gasteiger partial charge on any atom is -0.493 e. The number of aryl methyl sites for hydroxylation is 2. The number of carbonyl (C=O) groups excluding carboxylic acids is 1. The third kappa shape index (κ3) is 5.98. The highest BCUT2D eigenvalue weighted by Crippen LogP contribution is 2.16. The monoisotopic (exact) mass is 283 g/mol. The molecule has 106 valence electrons. The highest BCUT2D eigenvalue weighted by atomic mass is 32.2. The number of thioether (sulfide) groups is 1. The normalized spacial score (nSPS) is 12.0. The molecule has 0 aromatic heterocycles. The van der Waals surface area contributed by atoms with Gasteiger partial charge in [0.15, 0.2) is 0 Å². The number of hydrogen-bond acceptors (Lipinski definition) is 5. The van der Waals surface area contributed by atoms with Gasteiger partial charge in [-0.2, -0.15) is 11.8 Å². The first-order chi connectivity index (χ1) is 9.02. The lowest BCUT2D eigenvalue weighted by Crippen LogP contribution is -2.34. The summed E-state index contributed by atoms with van der Waals surface area (Å²) in [5, 5.41) is 0. The topological polar surface area (TPSA) is 61.5 Å². The molecule has 0 spiro atoms. The van der Waals surface area contributed by atoms with E-state index in [1.54, 1.807) is 11.8 Å². The van der Waals surface area contributed by atoms with Crippen LogP contribution in [-0.2, 0) is 9.53 Å². The van der Waals surface area contributed by atoms with Crippen molar-refractivity contribution in [3.63, 3.8) is 0 Å². The molecule has 19 heavy (non-hydrogen) atoms. The zero-order valence-electron chi connectivity index (χ0n) is 11.6. The predicted molar refractivity (Wildman–Crippen MR) is 78.7 cm³/mol. The fourth-order valence-corrected chi connectivity index (χ4v) is 2.42. The average molecular weight is 283 g/mol. The van der Waals surface area contributed by atoms with Crippen molar-refractivity contribution in [2.75, 3.05) is 25.2 Å². The second kappa shape index (κ2) is 8.07. The van der Waals surface area contributed by atoms with E-state index in [-0.39, 0.29) is 5.97 Å². The van der Waals surface area contributed by atoms with Gasteiger partial charge in [0.05, 0.1) is 13.7 Å². The minimum atomic E-state index is -0.559. The molecule has 0 heterocycles. The van der Waals surface area contributed by atoms with Crippen molar-refractivity contribution >= 4 is 17.7 Å². The average Bonchev–Trinajstić information content (AvgIpc) is 2.36. The molecule has 1 unspecified atom stereocenters. The number of rotatable bonds is 7. The fourth-order valence-electron chi connectivity index (χ4n) is 1.66. The van der Waals surface area contributed by atoms with E-state index >= 15 is 0 Å². The van der Waals surface area contributed by atoms with Gasteiger partial charge in [0.1, 0.15) is 11.8 Å². The lowest BCUT2D eigenvalue weighted by molar-refractivity contribution is -0.141. The zero-order chi connectivity index (χ0) is 14.3. The maximum atomic E-state index is 11.1. The van der Waals surface area contributed by atoms with Crippen LogP contribution in [0.4, 0.5) is 0 Å². The molecule has 0 bridgehead atoms. The third-order valence-electron chi connectivity index (χ3n) is 2.49. The van der Waals surface area contributed by atoms with Crippen LogP contribution < -0.4 is 10.5 Å². The molecule has 0 saturated heterocycles. The summed E-state index contributed by atoms with van der Waals surface area (Å²) in [5.41, 5.74) is 8.00. The Morgan fingerprint density at radius 1 is 1.32 bits per heavy atom. The maximum absolute atomic E-state index is 11.1. The summed E-state index contributed by atoms with van der Waals surface area (Å²) in [7, 11) is 1.34. The predicted octanol–water partition coefficient (Wildman–Crippen LogP) is 1.92. The van der Waals surface area contributed by atoms with Gasteiger partial charge in [-0.3, -0.25) is 4.79 Å². The van der Waals surface area contributed by atoms with Gasteiger partial charge in [-0.05, 0) is 37.1 Å². The molecule has 4 nitrogen and oxygen atoms in total. The number of benzene rings is 1. The van der Waals surface area contributed by atoms with Crippen molar-refractivity contribution in [3.05, 3.63) is 29.3 Å². The summed E-state index contributed by atoms with van der Waals surface area (Å²) in [6.45, 7) is 4.69.